The molecule has 172 valence electrons. The Balaban J connectivity index is 1.52. The van der Waals surface area contributed by atoms with Crippen molar-refractivity contribution in [2.75, 3.05) is 19.8 Å². The lowest BCUT2D eigenvalue weighted by Gasteiger charge is -2.25. The van der Waals surface area contributed by atoms with Gasteiger partial charge in [0.05, 0.1) is 29.7 Å². The summed E-state index contributed by atoms with van der Waals surface area (Å²) in [5, 5.41) is 14.1. The van der Waals surface area contributed by atoms with E-state index in [2.05, 4.69) is 5.32 Å². The van der Waals surface area contributed by atoms with Crippen LogP contribution in [0.1, 0.15) is 52.6 Å². The monoisotopic (exact) mass is 453 g/mol. The number of rotatable bonds is 6. The minimum absolute atomic E-state index is 0.0121. The highest BCUT2D eigenvalue weighted by molar-refractivity contribution is 6.24. The Kier molecular flexibility index (Phi) is 5.99. The molecule has 0 radical (unpaired) electrons. The zero-order valence-corrected chi connectivity index (χ0v) is 18.2. The van der Waals surface area contributed by atoms with Crippen LogP contribution in [0.25, 0.3) is 0 Å². The van der Waals surface area contributed by atoms with Crippen molar-refractivity contribution < 1.29 is 28.8 Å². The SMILES string of the molecule is CC(C)C(NC(=O)CN1C(=O)c2cccc([N+](=O)[O-])c2C1=O)c1ccc2c(c1)OCCCO2. The number of carbonyl (C=O) groups excluding carboxylic acids is 3. The second-order valence-corrected chi connectivity index (χ2v) is 8.20. The van der Waals surface area contributed by atoms with E-state index in [1.165, 1.54) is 12.1 Å². The van der Waals surface area contributed by atoms with Gasteiger partial charge in [0.2, 0.25) is 5.91 Å². The van der Waals surface area contributed by atoms with Crippen molar-refractivity contribution in [1.82, 2.24) is 10.2 Å². The van der Waals surface area contributed by atoms with Crippen LogP contribution in [0, 0.1) is 16.0 Å². The molecule has 0 saturated carbocycles. The third kappa shape index (κ3) is 4.23. The maximum absolute atomic E-state index is 12.8. The van der Waals surface area contributed by atoms with Crippen molar-refractivity contribution in [2.45, 2.75) is 26.3 Å². The highest BCUT2D eigenvalue weighted by Crippen LogP contribution is 2.34. The highest BCUT2D eigenvalue weighted by atomic mass is 16.6. The number of ether oxygens (including phenoxy) is 2. The molecule has 0 spiro atoms. The molecular formula is C23H23N3O7. The van der Waals surface area contributed by atoms with Crippen LogP contribution < -0.4 is 14.8 Å². The van der Waals surface area contributed by atoms with E-state index in [9.17, 15) is 24.5 Å². The van der Waals surface area contributed by atoms with Gasteiger partial charge in [0.15, 0.2) is 11.5 Å². The van der Waals surface area contributed by atoms with E-state index in [0.29, 0.717) is 24.7 Å². The maximum atomic E-state index is 12.8. The first-order chi connectivity index (χ1) is 15.8. The van der Waals surface area contributed by atoms with Crippen LogP contribution in [0.5, 0.6) is 11.5 Å². The number of nitrogens with zero attached hydrogens (tertiary/aromatic N) is 2. The van der Waals surface area contributed by atoms with E-state index >= 15 is 0 Å². The molecule has 1 unspecified atom stereocenters. The van der Waals surface area contributed by atoms with Gasteiger partial charge in [-0.15, -0.1) is 0 Å². The molecule has 10 nitrogen and oxygen atoms in total. The predicted molar refractivity (Wildman–Crippen MR) is 116 cm³/mol. The molecule has 2 aliphatic rings. The number of fused-ring (bicyclic) bond motifs is 2. The van der Waals surface area contributed by atoms with Crippen LogP contribution in [0.4, 0.5) is 5.69 Å². The fourth-order valence-electron chi connectivity index (χ4n) is 3.98. The van der Waals surface area contributed by atoms with Crippen molar-refractivity contribution in [3.05, 3.63) is 63.2 Å². The molecular weight excluding hydrogens is 430 g/mol. The van der Waals surface area contributed by atoms with Crippen LogP contribution in [0.15, 0.2) is 36.4 Å². The zero-order valence-electron chi connectivity index (χ0n) is 18.2. The van der Waals surface area contributed by atoms with Gasteiger partial charge in [0, 0.05) is 12.5 Å². The number of imide groups is 1. The topological polar surface area (TPSA) is 128 Å². The molecule has 1 atom stereocenters. The van der Waals surface area contributed by atoms with Gasteiger partial charge in [-0.1, -0.05) is 26.0 Å². The number of nitro groups is 1. The van der Waals surface area contributed by atoms with E-state index in [4.69, 9.17) is 9.47 Å². The molecule has 10 heteroatoms. The standard InChI is InChI=1S/C23H23N3O7/c1-13(2)21(14-7-8-17-18(11-14)33-10-4-9-32-17)24-19(27)12-25-22(28)15-5-3-6-16(26(30)31)20(15)23(25)29/h3,5-8,11,13,21H,4,9-10,12H2,1-2H3,(H,24,27). The summed E-state index contributed by atoms with van der Waals surface area (Å²) in [6, 6.07) is 8.87. The Morgan fingerprint density at radius 3 is 2.55 bits per heavy atom. The summed E-state index contributed by atoms with van der Waals surface area (Å²) < 4.78 is 11.4. The number of benzene rings is 2. The van der Waals surface area contributed by atoms with E-state index < -0.39 is 40.9 Å². The molecule has 3 amide bonds. The summed E-state index contributed by atoms with van der Waals surface area (Å²) in [4.78, 5) is 49.5. The lowest BCUT2D eigenvalue weighted by atomic mass is 9.95. The Bertz CT molecular complexity index is 1140. The smallest absolute Gasteiger partial charge is 0.282 e. The molecule has 0 saturated heterocycles. The molecule has 2 heterocycles. The third-order valence-electron chi connectivity index (χ3n) is 5.59. The summed E-state index contributed by atoms with van der Waals surface area (Å²) in [6.07, 6.45) is 0.771. The first-order valence-electron chi connectivity index (χ1n) is 10.6. The van der Waals surface area contributed by atoms with Crippen molar-refractivity contribution in [3.63, 3.8) is 0 Å². The van der Waals surface area contributed by atoms with Gasteiger partial charge < -0.3 is 14.8 Å². The molecule has 2 aromatic rings. The molecule has 4 rings (SSSR count). The molecule has 0 fully saturated rings. The Labute approximate surface area is 189 Å². The lowest BCUT2D eigenvalue weighted by Crippen LogP contribution is -2.42. The molecule has 2 aliphatic heterocycles. The number of carbonyl (C=O) groups is 3. The van der Waals surface area contributed by atoms with Crippen LogP contribution in [-0.4, -0.2) is 47.3 Å². The quantitative estimate of drug-likeness (QED) is 0.405. The predicted octanol–water partition coefficient (Wildman–Crippen LogP) is 2.87. The third-order valence-corrected chi connectivity index (χ3v) is 5.59. The normalized spacial score (nSPS) is 15.8. The van der Waals surface area contributed by atoms with E-state index in [1.807, 2.05) is 26.0 Å². The van der Waals surface area contributed by atoms with Gasteiger partial charge in [-0.25, -0.2) is 0 Å². The summed E-state index contributed by atoms with van der Waals surface area (Å²) in [6.45, 7) is 4.41. The molecule has 0 bridgehead atoms. The maximum Gasteiger partial charge on any atom is 0.282 e. The second kappa shape index (κ2) is 8.89. The zero-order chi connectivity index (χ0) is 23.7. The van der Waals surface area contributed by atoms with Crippen molar-refractivity contribution in [1.29, 1.82) is 0 Å². The number of amides is 3. The summed E-state index contributed by atoms with van der Waals surface area (Å²) in [5.74, 6) is -0.921. The number of hydrogen-bond donors (Lipinski definition) is 1. The van der Waals surface area contributed by atoms with Gasteiger partial charge in [0.1, 0.15) is 12.1 Å². The lowest BCUT2D eigenvalue weighted by molar-refractivity contribution is -0.385. The fraction of sp³-hybridized carbons (Fsp3) is 0.348. The Hall–Kier alpha value is -3.95. The van der Waals surface area contributed by atoms with E-state index in [1.54, 1.807) is 6.07 Å². The largest absolute Gasteiger partial charge is 0.490 e. The van der Waals surface area contributed by atoms with Gasteiger partial charge in [-0.2, -0.15) is 0 Å². The van der Waals surface area contributed by atoms with Crippen LogP contribution in [0.3, 0.4) is 0 Å². The highest BCUT2D eigenvalue weighted by Gasteiger charge is 2.41. The first-order valence-corrected chi connectivity index (χ1v) is 10.6. The fourth-order valence-corrected chi connectivity index (χ4v) is 3.98. The minimum Gasteiger partial charge on any atom is -0.490 e. The van der Waals surface area contributed by atoms with Crippen LogP contribution in [0.2, 0.25) is 0 Å². The van der Waals surface area contributed by atoms with E-state index in [-0.39, 0.29) is 17.0 Å². The number of nitrogens with one attached hydrogen (secondary N) is 1. The van der Waals surface area contributed by atoms with Crippen molar-refractivity contribution >= 4 is 23.4 Å². The number of hydrogen-bond acceptors (Lipinski definition) is 7. The van der Waals surface area contributed by atoms with Gasteiger partial charge in [-0.05, 0) is 29.7 Å². The molecule has 0 aromatic heterocycles. The van der Waals surface area contributed by atoms with Crippen LogP contribution >= 0.6 is 0 Å². The Morgan fingerprint density at radius 1 is 1.12 bits per heavy atom. The molecule has 2 aromatic carbocycles. The average molecular weight is 453 g/mol. The van der Waals surface area contributed by atoms with Gasteiger partial charge >= 0.3 is 0 Å². The first kappa shape index (κ1) is 22.3. The minimum atomic E-state index is -0.853. The summed E-state index contributed by atoms with van der Waals surface area (Å²) in [7, 11) is 0. The summed E-state index contributed by atoms with van der Waals surface area (Å²) >= 11 is 0. The van der Waals surface area contributed by atoms with E-state index in [0.717, 1.165) is 23.0 Å². The van der Waals surface area contributed by atoms with Crippen molar-refractivity contribution in [2.24, 2.45) is 5.92 Å². The van der Waals surface area contributed by atoms with Crippen LogP contribution in [-0.2, 0) is 4.79 Å². The molecule has 33 heavy (non-hydrogen) atoms. The Morgan fingerprint density at radius 2 is 1.85 bits per heavy atom. The van der Waals surface area contributed by atoms with Gasteiger partial charge in [0.25, 0.3) is 17.5 Å². The average Bonchev–Trinajstić information content (AvgIpc) is 2.94. The molecule has 0 aliphatic carbocycles. The van der Waals surface area contributed by atoms with Gasteiger partial charge in [-0.3, -0.25) is 29.4 Å². The second-order valence-electron chi connectivity index (χ2n) is 8.20. The van der Waals surface area contributed by atoms with Crippen molar-refractivity contribution in [3.8, 4) is 11.5 Å². The molecule has 1 N–H and O–H groups in total. The summed E-state index contributed by atoms with van der Waals surface area (Å²) in [5.41, 5.74) is -0.0319. The number of nitro benzene ring substituents is 1.